The van der Waals surface area contributed by atoms with Gasteiger partial charge in [0.15, 0.2) is 0 Å². The Hall–Kier alpha value is -1.10. The number of halogens is 1. The lowest BCUT2D eigenvalue weighted by molar-refractivity contribution is -0.156. The number of carbonyl (C=O) groups is 1. The summed E-state index contributed by atoms with van der Waals surface area (Å²) >= 11 is 5.99. The molecule has 0 bridgehead atoms. The van der Waals surface area contributed by atoms with E-state index in [1.165, 1.54) is 0 Å². The molecule has 0 spiro atoms. The first-order valence-corrected chi connectivity index (χ1v) is 7.18. The number of hydrogen-bond donors (Lipinski definition) is 2. The fourth-order valence-corrected chi connectivity index (χ4v) is 2.62. The van der Waals surface area contributed by atoms with Crippen molar-refractivity contribution in [2.45, 2.75) is 26.3 Å². The number of carboxylic acids is 1. The number of aryl methyl sites for hydroxylation is 1. The third kappa shape index (κ3) is 3.51. The molecule has 1 unspecified atom stereocenters. The first kappa shape index (κ1) is 15.3. The number of nitrogens with one attached hydrogen (secondary N) is 1. The molecule has 2 rings (SSSR count). The van der Waals surface area contributed by atoms with Crippen LogP contribution in [0.5, 0.6) is 0 Å². The normalized spacial score (nSPS) is 22.7. The monoisotopic (exact) mass is 297 g/mol. The average molecular weight is 298 g/mol. The zero-order chi connectivity index (χ0) is 14.6. The van der Waals surface area contributed by atoms with Gasteiger partial charge in [0, 0.05) is 24.7 Å². The molecular weight excluding hydrogens is 278 g/mol. The van der Waals surface area contributed by atoms with Crippen LogP contribution in [0.3, 0.4) is 0 Å². The van der Waals surface area contributed by atoms with Gasteiger partial charge in [-0.05, 0) is 37.0 Å². The molecule has 0 aliphatic carbocycles. The highest BCUT2D eigenvalue weighted by Crippen LogP contribution is 2.28. The summed E-state index contributed by atoms with van der Waals surface area (Å²) in [6.45, 7) is 3.96. The van der Waals surface area contributed by atoms with Gasteiger partial charge in [0.2, 0.25) is 0 Å². The largest absolute Gasteiger partial charge is 0.481 e. The molecule has 1 atom stereocenters. The molecule has 0 saturated carbocycles. The van der Waals surface area contributed by atoms with Gasteiger partial charge < -0.3 is 15.2 Å². The molecule has 1 heterocycles. The third-order valence-corrected chi connectivity index (χ3v) is 4.21. The van der Waals surface area contributed by atoms with Crippen LogP contribution in [0, 0.1) is 12.3 Å². The second-order valence-corrected chi connectivity index (χ2v) is 5.84. The number of hydrogen-bond acceptors (Lipinski definition) is 3. The maximum Gasteiger partial charge on any atom is 0.313 e. The first-order chi connectivity index (χ1) is 9.53. The molecule has 20 heavy (non-hydrogen) atoms. The summed E-state index contributed by atoms with van der Waals surface area (Å²) in [5.74, 6) is -0.781. The fraction of sp³-hybridized carbons (Fsp3) is 0.533. The van der Waals surface area contributed by atoms with E-state index in [0.717, 1.165) is 22.6 Å². The topological polar surface area (TPSA) is 58.6 Å². The summed E-state index contributed by atoms with van der Waals surface area (Å²) in [6, 6.07) is 5.83. The lowest BCUT2D eigenvalue weighted by Crippen LogP contribution is -2.46. The minimum Gasteiger partial charge on any atom is -0.481 e. The lowest BCUT2D eigenvalue weighted by Gasteiger charge is -2.33. The van der Waals surface area contributed by atoms with Crippen molar-refractivity contribution in [2.75, 3.05) is 19.8 Å². The van der Waals surface area contributed by atoms with Gasteiger partial charge in [0.05, 0.1) is 6.61 Å². The van der Waals surface area contributed by atoms with Crippen LogP contribution in [0.1, 0.15) is 24.0 Å². The molecule has 0 aromatic heterocycles. The highest BCUT2D eigenvalue weighted by molar-refractivity contribution is 6.31. The van der Waals surface area contributed by atoms with Crippen LogP contribution in [0.2, 0.25) is 5.02 Å². The zero-order valence-electron chi connectivity index (χ0n) is 11.6. The number of carboxylic acid groups (broad SMARTS) is 1. The average Bonchev–Trinajstić information content (AvgIpc) is 2.44. The van der Waals surface area contributed by atoms with Crippen molar-refractivity contribution in [3.05, 3.63) is 34.3 Å². The van der Waals surface area contributed by atoms with E-state index in [4.69, 9.17) is 16.3 Å². The molecular formula is C15H20ClNO3. The van der Waals surface area contributed by atoms with E-state index >= 15 is 0 Å². The van der Waals surface area contributed by atoms with E-state index in [9.17, 15) is 9.90 Å². The Bertz CT molecular complexity index is 484. The minimum atomic E-state index is -0.792. The fourth-order valence-electron chi connectivity index (χ4n) is 2.50. The van der Waals surface area contributed by atoms with Crippen LogP contribution in [-0.4, -0.2) is 30.8 Å². The summed E-state index contributed by atoms with van der Waals surface area (Å²) in [5.41, 5.74) is 1.34. The summed E-state index contributed by atoms with van der Waals surface area (Å²) in [4.78, 5) is 11.5. The van der Waals surface area contributed by atoms with Gasteiger partial charge in [-0.3, -0.25) is 4.79 Å². The molecule has 0 radical (unpaired) electrons. The van der Waals surface area contributed by atoms with Gasteiger partial charge in [-0.1, -0.05) is 23.7 Å². The van der Waals surface area contributed by atoms with Crippen LogP contribution in [0.4, 0.5) is 0 Å². The minimum absolute atomic E-state index is 0.287. The van der Waals surface area contributed by atoms with E-state index in [0.29, 0.717) is 26.1 Å². The van der Waals surface area contributed by atoms with E-state index in [1.807, 2.05) is 25.1 Å². The standard InChI is InChI=1S/C15H20ClNO3/c1-11-7-12(3-4-13(11)16)8-17-9-15(14(18)19)5-2-6-20-10-15/h3-4,7,17H,2,5-6,8-10H2,1H3,(H,18,19). The second kappa shape index (κ2) is 6.57. The molecule has 0 amide bonds. The van der Waals surface area contributed by atoms with Crippen LogP contribution in [0.25, 0.3) is 0 Å². The predicted octanol–water partition coefficient (Wildman–Crippen LogP) is 2.62. The van der Waals surface area contributed by atoms with E-state index < -0.39 is 11.4 Å². The molecule has 1 aliphatic heterocycles. The van der Waals surface area contributed by atoms with Gasteiger partial charge in [-0.2, -0.15) is 0 Å². The van der Waals surface area contributed by atoms with Gasteiger partial charge in [-0.15, -0.1) is 0 Å². The second-order valence-electron chi connectivity index (χ2n) is 5.43. The predicted molar refractivity (Wildman–Crippen MR) is 78.0 cm³/mol. The third-order valence-electron chi connectivity index (χ3n) is 3.79. The van der Waals surface area contributed by atoms with Crippen LogP contribution in [0.15, 0.2) is 18.2 Å². The Labute approximate surface area is 124 Å². The SMILES string of the molecule is Cc1cc(CNCC2(C(=O)O)CCCOC2)ccc1Cl. The molecule has 2 N–H and O–H groups in total. The van der Waals surface area contributed by atoms with Crippen molar-refractivity contribution in [2.24, 2.45) is 5.41 Å². The number of ether oxygens (including phenoxy) is 1. The Balaban J connectivity index is 1.93. The molecule has 1 aliphatic rings. The molecule has 1 saturated heterocycles. The van der Waals surface area contributed by atoms with E-state index in [2.05, 4.69) is 5.32 Å². The van der Waals surface area contributed by atoms with Crippen molar-refractivity contribution in [1.29, 1.82) is 0 Å². The Morgan fingerprint density at radius 3 is 2.95 bits per heavy atom. The van der Waals surface area contributed by atoms with E-state index in [1.54, 1.807) is 0 Å². The van der Waals surface area contributed by atoms with Gasteiger partial charge in [0.1, 0.15) is 5.41 Å². The van der Waals surface area contributed by atoms with Crippen molar-refractivity contribution < 1.29 is 14.6 Å². The smallest absolute Gasteiger partial charge is 0.313 e. The Morgan fingerprint density at radius 2 is 2.35 bits per heavy atom. The van der Waals surface area contributed by atoms with Crippen LogP contribution >= 0.6 is 11.6 Å². The van der Waals surface area contributed by atoms with Crippen molar-refractivity contribution in [3.63, 3.8) is 0 Å². The summed E-state index contributed by atoms with van der Waals surface area (Å²) in [5, 5.41) is 13.4. The maximum atomic E-state index is 11.5. The zero-order valence-corrected chi connectivity index (χ0v) is 12.4. The lowest BCUT2D eigenvalue weighted by atomic mass is 9.82. The van der Waals surface area contributed by atoms with Crippen molar-refractivity contribution in [1.82, 2.24) is 5.32 Å². The summed E-state index contributed by atoms with van der Waals surface area (Å²) < 4.78 is 5.35. The first-order valence-electron chi connectivity index (χ1n) is 6.80. The highest BCUT2D eigenvalue weighted by Gasteiger charge is 2.40. The van der Waals surface area contributed by atoms with E-state index in [-0.39, 0.29) is 6.61 Å². The highest BCUT2D eigenvalue weighted by atomic mass is 35.5. The van der Waals surface area contributed by atoms with Gasteiger partial charge >= 0.3 is 5.97 Å². The number of benzene rings is 1. The van der Waals surface area contributed by atoms with Crippen LogP contribution in [-0.2, 0) is 16.1 Å². The van der Waals surface area contributed by atoms with Crippen molar-refractivity contribution in [3.8, 4) is 0 Å². The molecule has 5 heteroatoms. The summed E-state index contributed by atoms with van der Waals surface area (Å²) in [6.07, 6.45) is 1.46. The quantitative estimate of drug-likeness (QED) is 0.877. The molecule has 1 fully saturated rings. The molecule has 110 valence electrons. The van der Waals surface area contributed by atoms with Gasteiger partial charge in [0.25, 0.3) is 0 Å². The molecule has 4 nitrogen and oxygen atoms in total. The molecule has 1 aromatic carbocycles. The van der Waals surface area contributed by atoms with Gasteiger partial charge in [-0.25, -0.2) is 0 Å². The maximum absolute atomic E-state index is 11.5. The van der Waals surface area contributed by atoms with Crippen LogP contribution < -0.4 is 5.32 Å². The Kier molecular flexibility index (Phi) is 5.02. The molecule has 1 aromatic rings. The van der Waals surface area contributed by atoms with Crippen molar-refractivity contribution >= 4 is 17.6 Å². The Morgan fingerprint density at radius 1 is 1.55 bits per heavy atom. The number of aliphatic carboxylic acids is 1. The summed E-state index contributed by atoms with van der Waals surface area (Å²) in [7, 11) is 0. The number of rotatable bonds is 5.